The fourth-order valence-corrected chi connectivity index (χ4v) is 11.9. The number of hydrogen-bond donors (Lipinski definition) is 3. The van der Waals surface area contributed by atoms with Gasteiger partial charge in [0.15, 0.2) is 11.5 Å². The molecule has 15 rings (SSSR count). The molecule has 3 N–H and O–H groups in total. The van der Waals surface area contributed by atoms with E-state index in [1.54, 1.807) is 66.9 Å². The summed E-state index contributed by atoms with van der Waals surface area (Å²) in [6, 6.07) is 38.9. The summed E-state index contributed by atoms with van der Waals surface area (Å²) in [6.45, 7) is 11.9. The summed E-state index contributed by atoms with van der Waals surface area (Å²) < 4.78 is 28.4. The van der Waals surface area contributed by atoms with Crippen molar-refractivity contribution in [2.24, 2.45) is 0 Å². The Balaban J connectivity index is 0.000000126. The normalized spacial score (nSPS) is 18.8. The number of allylic oxidation sites excluding steroid dienone is 3. The van der Waals surface area contributed by atoms with Crippen LogP contribution in [0.3, 0.4) is 0 Å². The number of ether oxygens (including phenoxy) is 5. The number of amides is 9. The molecule has 3 atom stereocenters. The Morgan fingerprint density at radius 1 is 0.435 bits per heavy atom. The van der Waals surface area contributed by atoms with Crippen molar-refractivity contribution < 1.29 is 66.8 Å². The van der Waals surface area contributed by atoms with Crippen molar-refractivity contribution in [2.45, 2.75) is 76.5 Å². The van der Waals surface area contributed by atoms with Gasteiger partial charge in [0.2, 0.25) is 24.5 Å². The predicted octanol–water partition coefficient (Wildman–Crippen LogP) is 8.79. The summed E-state index contributed by atoms with van der Waals surface area (Å²) in [6.07, 6.45) is 4.33. The monoisotopic (exact) mass is 1230 g/mol. The van der Waals surface area contributed by atoms with Gasteiger partial charge in [-0.3, -0.25) is 62.8 Å². The smallest absolute Gasteiger partial charge is 0.266 e. The van der Waals surface area contributed by atoms with Gasteiger partial charge in [-0.05, 0) is 117 Å². The molecule has 2 aromatic heterocycles. The molecule has 7 aliphatic heterocycles. The summed E-state index contributed by atoms with van der Waals surface area (Å²) in [4.78, 5) is 127. The van der Waals surface area contributed by atoms with Crippen LogP contribution in [-0.4, -0.2) is 103 Å². The maximum atomic E-state index is 13.2. The van der Waals surface area contributed by atoms with Crippen LogP contribution < -0.4 is 39.6 Å². The Morgan fingerprint density at radius 3 is 1.38 bits per heavy atom. The van der Waals surface area contributed by atoms with E-state index in [4.69, 9.17) is 23.7 Å². The predicted molar refractivity (Wildman–Crippen MR) is 331 cm³/mol. The molecule has 3 saturated heterocycles. The van der Waals surface area contributed by atoms with E-state index in [9.17, 15) is 43.2 Å². The quantitative estimate of drug-likeness (QED) is 0.0964. The minimum absolute atomic E-state index is 0.145. The number of nitrogens with one attached hydrogen (secondary N) is 3. The lowest BCUT2D eigenvalue weighted by atomic mass is 10.0. The van der Waals surface area contributed by atoms with Gasteiger partial charge in [0, 0.05) is 39.6 Å². The van der Waals surface area contributed by atoms with Gasteiger partial charge in [-0.2, -0.15) is 0 Å². The van der Waals surface area contributed by atoms with Crippen LogP contribution in [0.1, 0.15) is 117 Å². The van der Waals surface area contributed by atoms with E-state index in [-0.39, 0.29) is 60.0 Å². The van der Waals surface area contributed by atoms with Gasteiger partial charge in [0.25, 0.3) is 35.4 Å². The molecule has 9 amide bonds. The second-order valence-electron chi connectivity index (χ2n) is 22.5. The fourth-order valence-electron chi connectivity index (χ4n) is 11.9. The minimum atomic E-state index is -0.857. The average Bonchev–Trinajstić information content (AvgIpc) is 1.64. The molecular formula is C70H56N8O14. The van der Waals surface area contributed by atoms with E-state index in [0.717, 1.165) is 47.6 Å². The molecule has 9 heterocycles. The number of fused-ring (bicyclic) bond motifs is 6. The molecule has 0 saturated carbocycles. The van der Waals surface area contributed by atoms with E-state index in [1.807, 2.05) is 78.9 Å². The molecule has 92 heavy (non-hydrogen) atoms. The molecular weight excluding hydrogens is 1180 g/mol. The second-order valence-corrected chi connectivity index (χ2v) is 22.5. The Labute approximate surface area is 525 Å². The van der Waals surface area contributed by atoms with Crippen LogP contribution in [0.4, 0.5) is 0 Å². The van der Waals surface area contributed by atoms with Crippen LogP contribution in [0.15, 0.2) is 183 Å². The molecule has 0 spiro atoms. The first-order valence-electron chi connectivity index (χ1n) is 29.5. The standard InChI is InChI=1S/2C24H19N3O4.C22H18N2O6/c1-14-9-12-19(22(28)25-14)27-23(29)17-6-4-8-20(21(17)24(27)30)31-13-16-11-10-15-5-2-3-7-18(15)26-16;1-14-9-10-19(22(28)26-14)27-23(29)17-6-4-8-20(21(17)24(27)30)31-13-15-11-16-5-2-3-7-18(16)25-12-15;1-12-5-7-15(20(25)23-12)24-21(26)14-3-2-4-17(19(14)22(24)27)28-10-13-6-8-16-18(9-13)30-11-29-16/h2-8,10-11,19H,1,9,12-13H2,(H,25,28);2-8,11-12,19H,1,9-10,13H2,(H,26,28);2-4,6,8-9,15H,1,5,7,10-11H2,(H,23,25). The zero-order valence-electron chi connectivity index (χ0n) is 49.2. The Bertz CT molecular complexity index is 4350. The van der Waals surface area contributed by atoms with Crippen molar-refractivity contribution in [1.82, 2.24) is 40.6 Å². The summed E-state index contributed by atoms with van der Waals surface area (Å²) in [5.74, 6) is -1.98. The van der Waals surface area contributed by atoms with E-state index >= 15 is 0 Å². The first kappa shape index (κ1) is 59.2. The van der Waals surface area contributed by atoms with Gasteiger partial charge in [-0.25, -0.2) is 4.98 Å². The number of pyridine rings is 2. The van der Waals surface area contributed by atoms with Gasteiger partial charge in [0.05, 0.1) is 50.1 Å². The summed E-state index contributed by atoms with van der Waals surface area (Å²) >= 11 is 0. The number of hydrogen-bond acceptors (Lipinski definition) is 16. The lowest BCUT2D eigenvalue weighted by molar-refractivity contribution is -0.126. The largest absolute Gasteiger partial charge is 0.488 e. The Kier molecular flexibility index (Phi) is 15.8. The van der Waals surface area contributed by atoms with E-state index < -0.39 is 71.3 Å². The van der Waals surface area contributed by atoms with Gasteiger partial charge in [0.1, 0.15) is 55.2 Å². The van der Waals surface area contributed by atoms with Crippen molar-refractivity contribution >= 4 is 75.0 Å². The number of imide groups is 3. The van der Waals surface area contributed by atoms with Crippen molar-refractivity contribution in [1.29, 1.82) is 0 Å². The van der Waals surface area contributed by atoms with Gasteiger partial charge >= 0.3 is 0 Å². The summed E-state index contributed by atoms with van der Waals surface area (Å²) in [7, 11) is 0. The molecule has 7 aliphatic rings. The maximum Gasteiger partial charge on any atom is 0.266 e. The first-order chi connectivity index (χ1) is 44.6. The molecule has 460 valence electrons. The third-order valence-electron chi connectivity index (χ3n) is 16.5. The molecule has 22 heteroatoms. The lowest BCUT2D eigenvalue weighted by Crippen LogP contribution is -2.51. The number of para-hydroxylation sites is 2. The van der Waals surface area contributed by atoms with Crippen LogP contribution in [0.2, 0.25) is 0 Å². The zero-order valence-corrected chi connectivity index (χ0v) is 49.2. The van der Waals surface area contributed by atoms with Crippen LogP contribution in [0, 0.1) is 0 Å². The average molecular weight is 1230 g/mol. The summed E-state index contributed by atoms with van der Waals surface area (Å²) in [5, 5.41) is 9.90. The molecule has 0 aliphatic carbocycles. The van der Waals surface area contributed by atoms with E-state index in [1.165, 1.54) is 0 Å². The maximum absolute atomic E-state index is 13.2. The van der Waals surface area contributed by atoms with Crippen molar-refractivity contribution in [3.63, 3.8) is 0 Å². The SMILES string of the molecule is C=C1CCC(N2C(=O)c3cccc(OCc4ccc5c(c4)OCO5)c3C2=O)C(=O)N1.C=C1CCC(N2C(=O)c3cccc(OCc4ccc5ccccc5n4)c3C2=O)C(=O)N1.C=C1CCC(N2C(=O)c3cccc(OCc4cnc5ccccc5c4)c3C2=O)C(=O)N1. The van der Waals surface area contributed by atoms with Gasteiger partial charge in [-0.15, -0.1) is 0 Å². The third-order valence-corrected chi connectivity index (χ3v) is 16.5. The van der Waals surface area contributed by atoms with Crippen LogP contribution in [-0.2, 0) is 34.2 Å². The van der Waals surface area contributed by atoms with Crippen LogP contribution in [0.25, 0.3) is 21.8 Å². The van der Waals surface area contributed by atoms with E-state index in [2.05, 4.69) is 45.7 Å². The molecule has 8 aromatic rings. The van der Waals surface area contributed by atoms with Crippen molar-refractivity contribution in [3.05, 3.63) is 233 Å². The van der Waals surface area contributed by atoms with E-state index in [0.29, 0.717) is 90.1 Å². The number of nitrogens with zero attached hydrogens (tertiary/aromatic N) is 5. The van der Waals surface area contributed by atoms with Crippen LogP contribution in [0.5, 0.6) is 28.7 Å². The highest BCUT2D eigenvalue weighted by Crippen LogP contribution is 2.39. The number of rotatable bonds is 12. The molecule has 6 aromatic carbocycles. The Hall–Kier alpha value is -11.8. The van der Waals surface area contributed by atoms with Crippen molar-refractivity contribution in [2.75, 3.05) is 6.79 Å². The number of carbonyl (C=O) groups excluding carboxylic acids is 9. The number of piperidine rings is 3. The lowest BCUT2D eigenvalue weighted by Gasteiger charge is -2.29. The highest BCUT2D eigenvalue weighted by molar-refractivity contribution is 6.26. The number of aromatic nitrogens is 2. The molecule has 22 nitrogen and oxygen atoms in total. The highest BCUT2D eigenvalue weighted by atomic mass is 16.7. The molecule has 0 radical (unpaired) electrons. The fraction of sp³-hybridized carbons (Fsp3) is 0.186. The minimum Gasteiger partial charge on any atom is -0.488 e. The zero-order chi connectivity index (χ0) is 63.9. The molecule has 3 unspecified atom stereocenters. The third kappa shape index (κ3) is 11.3. The highest BCUT2D eigenvalue weighted by Gasteiger charge is 2.48. The number of carbonyl (C=O) groups is 9. The molecule has 3 fully saturated rings. The second kappa shape index (κ2) is 24.6. The number of benzene rings is 6. The van der Waals surface area contributed by atoms with Gasteiger partial charge in [-0.1, -0.05) is 86.5 Å². The Morgan fingerprint density at radius 2 is 0.880 bits per heavy atom. The molecule has 0 bridgehead atoms. The van der Waals surface area contributed by atoms with Crippen LogP contribution >= 0.6 is 0 Å². The first-order valence-corrected chi connectivity index (χ1v) is 29.5. The van der Waals surface area contributed by atoms with Gasteiger partial charge < -0.3 is 39.6 Å². The summed E-state index contributed by atoms with van der Waals surface area (Å²) in [5.41, 5.74) is 7.16. The topological polar surface area (TPSA) is 271 Å². The van der Waals surface area contributed by atoms with Crippen molar-refractivity contribution in [3.8, 4) is 28.7 Å².